The summed E-state index contributed by atoms with van der Waals surface area (Å²) < 4.78 is 42.3. The molecule has 0 spiro atoms. The van der Waals surface area contributed by atoms with Crippen LogP contribution < -0.4 is 4.74 Å². The average Bonchev–Trinajstić information content (AvgIpc) is 2.13. The Morgan fingerprint density at radius 1 is 1.12 bits per heavy atom. The Hall–Kier alpha value is -1.19. The topological polar surface area (TPSA) is 9.23 Å². The normalized spacial score (nSPS) is 11.7. The molecule has 16 heavy (non-hydrogen) atoms. The molecule has 4 heteroatoms. The molecule has 0 bridgehead atoms. The second-order valence-corrected chi connectivity index (χ2v) is 3.94. The molecule has 90 valence electrons. The quantitative estimate of drug-likeness (QED) is 0.755. The molecule has 0 unspecified atom stereocenters. The Labute approximate surface area is 93.2 Å². The summed E-state index contributed by atoms with van der Waals surface area (Å²) in [6, 6.07) is 1.76. The lowest BCUT2D eigenvalue weighted by Gasteiger charge is -2.17. The van der Waals surface area contributed by atoms with Gasteiger partial charge in [-0.1, -0.05) is 6.07 Å². The predicted octanol–water partition coefficient (Wildman–Crippen LogP) is 3.73. The van der Waals surface area contributed by atoms with Crippen LogP contribution in [0.5, 0.6) is 5.75 Å². The molecule has 1 nitrogen and oxygen atoms in total. The van der Waals surface area contributed by atoms with Crippen LogP contribution in [0.25, 0.3) is 0 Å². The standard InChI is InChI=1S/C12H15F3O/c1-7-5-8(2)10(6-12(13,14)15)11(16-4)9(7)3/h5H,6H2,1-4H3. The van der Waals surface area contributed by atoms with E-state index in [1.165, 1.54) is 7.11 Å². The fraction of sp³-hybridized carbons (Fsp3) is 0.500. The van der Waals surface area contributed by atoms with Gasteiger partial charge in [-0.15, -0.1) is 0 Å². The van der Waals surface area contributed by atoms with E-state index in [0.29, 0.717) is 11.3 Å². The minimum absolute atomic E-state index is 0.234. The van der Waals surface area contributed by atoms with Crippen molar-refractivity contribution in [3.8, 4) is 5.75 Å². The number of methoxy groups -OCH3 is 1. The third-order valence-corrected chi connectivity index (χ3v) is 2.70. The highest BCUT2D eigenvalue weighted by atomic mass is 19.4. The first-order valence-electron chi connectivity index (χ1n) is 4.96. The van der Waals surface area contributed by atoms with Crippen LogP contribution in [0.4, 0.5) is 13.2 Å². The van der Waals surface area contributed by atoms with Crippen molar-refractivity contribution in [2.45, 2.75) is 33.4 Å². The third-order valence-electron chi connectivity index (χ3n) is 2.70. The zero-order valence-corrected chi connectivity index (χ0v) is 9.83. The van der Waals surface area contributed by atoms with E-state index in [1.807, 2.05) is 6.92 Å². The van der Waals surface area contributed by atoms with E-state index in [-0.39, 0.29) is 5.56 Å². The molecule has 1 aromatic rings. The van der Waals surface area contributed by atoms with Gasteiger partial charge in [0.15, 0.2) is 0 Å². The predicted molar refractivity (Wildman–Crippen MR) is 57.0 cm³/mol. The maximum atomic E-state index is 12.4. The maximum absolute atomic E-state index is 12.4. The van der Waals surface area contributed by atoms with Crippen molar-refractivity contribution in [2.24, 2.45) is 0 Å². The van der Waals surface area contributed by atoms with Crippen molar-refractivity contribution in [2.75, 3.05) is 7.11 Å². The van der Waals surface area contributed by atoms with Crippen LogP contribution in [-0.4, -0.2) is 13.3 Å². The highest BCUT2D eigenvalue weighted by Crippen LogP contribution is 2.34. The molecule has 0 radical (unpaired) electrons. The highest BCUT2D eigenvalue weighted by molar-refractivity contribution is 5.50. The number of aryl methyl sites for hydroxylation is 2. The van der Waals surface area contributed by atoms with Gasteiger partial charge in [-0.2, -0.15) is 13.2 Å². The van der Waals surface area contributed by atoms with Gasteiger partial charge >= 0.3 is 6.18 Å². The van der Waals surface area contributed by atoms with Crippen molar-refractivity contribution >= 4 is 0 Å². The SMILES string of the molecule is COc1c(C)c(C)cc(C)c1CC(F)(F)F. The zero-order chi connectivity index (χ0) is 12.5. The molecule has 1 rings (SSSR count). The summed E-state index contributed by atoms with van der Waals surface area (Å²) in [6.45, 7) is 5.31. The van der Waals surface area contributed by atoms with Crippen molar-refractivity contribution in [3.05, 3.63) is 28.3 Å². The number of hydrogen-bond acceptors (Lipinski definition) is 1. The molecular formula is C12H15F3O. The molecule has 0 fully saturated rings. The molecule has 1 aromatic carbocycles. The molecule has 0 atom stereocenters. The van der Waals surface area contributed by atoms with Crippen LogP contribution in [0.3, 0.4) is 0 Å². The van der Waals surface area contributed by atoms with Gasteiger partial charge in [0.2, 0.25) is 0 Å². The van der Waals surface area contributed by atoms with Crippen molar-refractivity contribution in [3.63, 3.8) is 0 Å². The van der Waals surface area contributed by atoms with Gasteiger partial charge in [-0.25, -0.2) is 0 Å². The molecule has 0 saturated heterocycles. The van der Waals surface area contributed by atoms with E-state index in [2.05, 4.69) is 0 Å². The van der Waals surface area contributed by atoms with Gasteiger partial charge in [0.05, 0.1) is 13.5 Å². The second kappa shape index (κ2) is 4.36. The molecule has 0 amide bonds. The van der Waals surface area contributed by atoms with Gasteiger partial charge in [0, 0.05) is 5.56 Å². The van der Waals surface area contributed by atoms with E-state index < -0.39 is 12.6 Å². The summed E-state index contributed by atoms with van der Waals surface area (Å²) in [6.07, 6.45) is -5.15. The monoisotopic (exact) mass is 232 g/mol. The Bertz CT molecular complexity index is 394. The van der Waals surface area contributed by atoms with E-state index in [4.69, 9.17) is 4.74 Å². The van der Waals surface area contributed by atoms with Gasteiger partial charge in [-0.3, -0.25) is 0 Å². The lowest BCUT2D eigenvalue weighted by molar-refractivity contribution is -0.127. The lowest BCUT2D eigenvalue weighted by Crippen LogP contribution is -2.14. The Morgan fingerprint density at radius 3 is 2.12 bits per heavy atom. The minimum Gasteiger partial charge on any atom is -0.496 e. The zero-order valence-electron chi connectivity index (χ0n) is 9.83. The molecule has 0 aliphatic heterocycles. The smallest absolute Gasteiger partial charge is 0.393 e. The highest BCUT2D eigenvalue weighted by Gasteiger charge is 2.30. The third kappa shape index (κ3) is 2.68. The number of hydrogen-bond donors (Lipinski definition) is 0. The number of alkyl halides is 3. The van der Waals surface area contributed by atoms with Crippen LogP contribution in [0.1, 0.15) is 22.3 Å². The van der Waals surface area contributed by atoms with Crippen LogP contribution in [-0.2, 0) is 6.42 Å². The van der Waals surface area contributed by atoms with E-state index >= 15 is 0 Å². The van der Waals surface area contributed by atoms with Crippen molar-refractivity contribution in [1.82, 2.24) is 0 Å². The van der Waals surface area contributed by atoms with Crippen LogP contribution in [0, 0.1) is 20.8 Å². The fourth-order valence-electron chi connectivity index (χ4n) is 1.80. The molecule has 0 aliphatic rings. The van der Waals surface area contributed by atoms with Gasteiger partial charge in [-0.05, 0) is 37.5 Å². The maximum Gasteiger partial charge on any atom is 0.393 e. The summed E-state index contributed by atoms with van der Waals surface area (Å²) in [5, 5.41) is 0. The fourth-order valence-corrected chi connectivity index (χ4v) is 1.80. The Morgan fingerprint density at radius 2 is 1.69 bits per heavy atom. The summed E-state index contributed by atoms with van der Waals surface area (Å²) in [4.78, 5) is 0. The number of benzene rings is 1. The van der Waals surface area contributed by atoms with Gasteiger partial charge < -0.3 is 4.74 Å². The minimum atomic E-state index is -4.21. The lowest BCUT2D eigenvalue weighted by atomic mass is 9.97. The molecule has 0 aliphatic carbocycles. The van der Waals surface area contributed by atoms with Crippen LogP contribution >= 0.6 is 0 Å². The Kier molecular flexibility index (Phi) is 3.51. The first kappa shape index (κ1) is 12.9. The summed E-state index contributed by atoms with van der Waals surface area (Å²) in [7, 11) is 1.40. The van der Waals surface area contributed by atoms with E-state index in [9.17, 15) is 13.2 Å². The van der Waals surface area contributed by atoms with Crippen LogP contribution in [0.2, 0.25) is 0 Å². The van der Waals surface area contributed by atoms with E-state index in [1.54, 1.807) is 19.9 Å². The summed E-state index contributed by atoms with van der Waals surface area (Å²) >= 11 is 0. The molecule has 0 aromatic heterocycles. The average molecular weight is 232 g/mol. The van der Waals surface area contributed by atoms with Gasteiger partial charge in [0.25, 0.3) is 0 Å². The second-order valence-electron chi connectivity index (χ2n) is 3.94. The number of rotatable bonds is 2. The molecule has 0 saturated carbocycles. The van der Waals surface area contributed by atoms with Crippen LogP contribution in [0.15, 0.2) is 6.07 Å². The molecular weight excluding hydrogens is 217 g/mol. The van der Waals surface area contributed by atoms with Crippen molar-refractivity contribution in [1.29, 1.82) is 0 Å². The summed E-state index contributed by atoms with van der Waals surface area (Å²) in [5.41, 5.74) is 2.57. The molecule has 0 N–H and O–H groups in total. The van der Waals surface area contributed by atoms with Gasteiger partial charge in [0.1, 0.15) is 5.75 Å². The largest absolute Gasteiger partial charge is 0.496 e. The Balaban J connectivity index is 3.32. The summed E-state index contributed by atoms with van der Waals surface area (Å²) in [5.74, 6) is 0.356. The van der Waals surface area contributed by atoms with Crippen molar-refractivity contribution < 1.29 is 17.9 Å². The first-order valence-corrected chi connectivity index (χ1v) is 4.96. The molecule has 0 heterocycles. The van der Waals surface area contributed by atoms with E-state index in [0.717, 1.165) is 11.1 Å². The number of ether oxygens (including phenoxy) is 1. The first-order chi connectivity index (χ1) is 7.26. The number of halogens is 3.